The van der Waals surface area contributed by atoms with Crippen molar-refractivity contribution in [2.24, 2.45) is 0 Å². The van der Waals surface area contributed by atoms with E-state index in [0.29, 0.717) is 61.0 Å². The number of carbonyl (C=O) groups excluding carboxylic acids is 2. The van der Waals surface area contributed by atoms with Crippen molar-refractivity contribution in [3.05, 3.63) is 53.6 Å². The van der Waals surface area contributed by atoms with E-state index in [2.05, 4.69) is 26.1 Å². The van der Waals surface area contributed by atoms with Crippen molar-refractivity contribution in [1.29, 1.82) is 0 Å². The summed E-state index contributed by atoms with van der Waals surface area (Å²) in [5.74, 6) is -3.56. The zero-order valence-electron chi connectivity index (χ0n) is 32.4. The molecule has 0 fully saturated rings. The summed E-state index contributed by atoms with van der Waals surface area (Å²) in [6, 6.07) is 12.0. The van der Waals surface area contributed by atoms with E-state index in [0.717, 1.165) is 37.1 Å². The summed E-state index contributed by atoms with van der Waals surface area (Å²) in [4.78, 5) is 28.1. The first-order valence-corrected chi connectivity index (χ1v) is 20.3. The van der Waals surface area contributed by atoms with Gasteiger partial charge in [0.2, 0.25) is 5.91 Å². The molecule has 294 valence electrons. The number of fused-ring (bicyclic) bond motifs is 1. The average molecular weight is 756 g/mol. The highest BCUT2D eigenvalue weighted by atomic mass is 32.3. The zero-order valence-corrected chi connectivity index (χ0v) is 33.2. The molecule has 0 bridgehead atoms. The van der Waals surface area contributed by atoms with Gasteiger partial charge in [0.05, 0.1) is 42.5 Å². The number of nitrogens with one attached hydrogen (secondary N) is 1. The van der Waals surface area contributed by atoms with Crippen LogP contribution in [0.3, 0.4) is 0 Å². The monoisotopic (exact) mass is 755 g/mol. The van der Waals surface area contributed by atoms with Crippen molar-refractivity contribution < 1.29 is 41.1 Å². The summed E-state index contributed by atoms with van der Waals surface area (Å²) in [6.07, 6.45) is -1.88. The Morgan fingerprint density at radius 3 is 2.10 bits per heavy atom. The third-order valence-corrected chi connectivity index (χ3v) is 13.3. The molecule has 0 radical (unpaired) electrons. The van der Waals surface area contributed by atoms with Gasteiger partial charge in [-0.15, -0.1) is 10.8 Å². The summed E-state index contributed by atoms with van der Waals surface area (Å²) in [7, 11) is 1.34. The van der Waals surface area contributed by atoms with Gasteiger partial charge in [0.25, 0.3) is 0 Å². The van der Waals surface area contributed by atoms with Crippen LogP contribution in [-0.2, 0) is 14.3 Å². The minimum Gasteiger partial charge on any atom is -0.453 e. The molecule has 2 aromatic rings. The standard InChI is InChI=1S/C39H61F3N4O5S/c1-9-14-24-38(25-15-10-2)36(51-37(48)39(40,41)42)35(32-28-31(44(6)7)22-23-33(32)52(49,50)45(38)8)29-19-18-20-30(27-29)43-34(47)21-16-17-26-46(11-3,12-4)13-5/h18-20,22-23,27-28,35-36H,9-17,21,24-26H2,1-8H3,(H2-,43,47,49,50)/p+1/t35-,36-/m1/s1. The molecule has 13 heteroatoms. The van der Waals surface area contributed by atoms with Gasteiger partial charge in [-0.05, 0) is 87.9 Å². The van der Waals surface area contributed by atoms with Crippen molar-refractivity contribution >= 4 is 34.0 Å². The molecule has 0 unspecified atom stereocenters. The first-order valence-electron chi connectivity index (χ1n) is 18.8. The molecule has 3 N–H and O–H groups in total. The first-order chi connectivity index (χ1) is 24.5. The summed E-state index contributed by atoms with van der Waals surface area (Å²) >= 11 is 0. The molecule has 1 amide bonds. The van der Waals surface area contributed by atoms with E-state index >= 15 is 0 Å². The van der Waals surface area contributed by atoms with Gasteiger partial charge in [0.15, 0.2) is 0 Å². The van der Waals surface area contributed by atoms with Crippen LogP contribution in [0.25, 0.3) is 0 Å². The lowest BCUT2D eigenvalue weighted by molar-refractivity contribution is -0.923. The van der Waals surface area contributed by atoms with Crippen molar-refractivity contribution in [1.82, 2.24) is 4.31 Å². The summed E-state index contributed by atoms with van der Waals surface area (Å²) in [5.41, 5.74) is 0.565. The van der Waals surface area contributed by atoms with Crippen LogP contribution in [0.4, 0.5) is 24.5 Å². The number of anilines is 2. The Kier molecular flexibility index (Phi) is 15.5. The molecule has 0 saturated carbocycles. The van der Waals surface area contributed by atoms with E-state index in [1.165, 1.54) is 11.4 Å². The van der Waals surface area contributed by atoms with Gasteiger partial charge >= 0.3 is 12.1 Å². The van der Waals surface area contributed by atoms with Crippen LogP contribution in [-0.4, -0.2) is 94.9 Å². The smallest absolute Gasteiger partial charge is 0.453 e. The first kappa shape index (κ1) is 43.6. The van der Waals surface area contributed by atoms with Gasteiger partial charge in [-0.2, -0.15) is 17.5 Å². The number of amides is 1. The van der Waals surface area contributed by atoms with Gasteiger partial charge in [-0.3, -0.25) is 13.9 Å². The number of quaternary nitrogens is 1. The van der Waals surface area contributed by atoms with Gasteiger partial charge in [0, 0.05) is 38.9 Å². The van der Waals surface area contributed by atoms with E-state index in [4.69, 9.17) is 4.74 Å². The summed E-state index contributed by atoms with van der Waals surface area (Å²) < 4.78 is 74.7. The van der Waals surface area contributed by atoms with E-state index in [1.807, 2.05) is 32.8 Å². The van der Waals surface area contributed by atoms with Crippen LogP contribution in [0.5, 0.6) is 0 Å². The zero-order chi connectivity index (χ0) is 38.9. The molecule has 2 aromatic carbocycles. The average Bonchev–Trinajstić information content (AvgIpc) is 3.16. The van der Waals surface area contributed by atoms with E-state index in [-0.39, 0.29) is 23.6 Å². The topological polar surface area (TPSA) is 102 Å². The van der Waals surface area contributed by atoms with E-state index < -0.39 is 40.5 Å². The maximum Gasteiger partial charge on any atom is 0.490 e. The highest BCUT2D eigenvalue weighted by Gasteiger charge is 2.57. The number of hydrogen-bond acceptors (Lipinski definition) is 7. The second kappa shape index (κ2) is 18.5. The van der Waals surface area contributed by atoms with Crippen molar-refractivity contribution in [2.75, 3.05) is 57.5 Å². The number of benzene rings is 2. The maximum atomic E-state index is 14.1. The third-order valence-electron chi connectivity index (χ3n) is 11.2. The predicted molar refractivity (Wildman–Crippen MR) is 205 cm³/mol. The van der Waals surface area contributed by atoms with Crippen LogP contribution in [0, 0.1) is 0 Å². The molecule has 1 aliphatic heterocycles. The number of halogens is 3. The van der Waals surface area contributed by atoms with Crippen molar-refractivity contribution in [3.63, 3.8) is 0 Å². The lowest BCUT2D eigenvalue weighted by Crippen LogP contribution is -2.58. The van der Waals surface area contributed by atoms with Crippen molar-refractivity contribution in [2.45, 2.75) is 121 Å². The Bertz CT molecular complexity index is 1470. The lowest BCUT2D eigenvalue weighted by atomic mass is 9.72. The fraction of sp³-hybridized carbons (Fsp3) is 0.641. The minimum atomic E-state index is -5.28. The lowest BCUT2D eigenvalue weighted by Gasteiger charge is -2.53. The van der Waals surface area contributed by atoms with E-state index in [9.17, 15) is 31.9 Å². The number of carbonyl (C=O) groups is 2. The molecule has 3 rings (SSSR count). The molecular weight excluding hydrogens is 694 g/mol. The van der Waals surface area contributed by atoms with Crippen LogP contribution in [0.2, 0.25) is 0 Å². The molecule has 1 heterocycles. The Morgan fingerprint density at radius 2 is 1.56 bits per heavy atom. The number of nitrogens with zero attached hydrogens (tertiary/aromatic N) is 3. The van der Waals surface area contributed by atoms with Gasteiger partial charge in [0.1, 0.15) is 6.10 Å². The second-order valence-electron chi connectivity index (χ2n) is 14.4. The molecule has 1 aliphatic rings. The molecule has 0 spiro atoms. The SMILES string of the molecule is CCCCC1(CCCC)[C@H](OC(=O)C(F)(F)F)[C@H](c2cccc(NC(=O)CCCC[N+](CC)(CC)CC)c2)c2cc(N(C)C)ccc2S(O)(O)N1C. The van der Waals surface area contributed by atoms with Crippen LogP contribution >= 0.6 is 10.8 Å². The number of unbranched alkanes of at least 4 members (excludes halogenated alkanes) is 3. The Balaban J connectivity index is 2.21. The molecule has 52 heavy (non-hydrogen) atoms. The fourth-order valence-electron chi connectivity index (χ4n) is 7.68. The summed E-state index contributed by atoms with van der Waals surface area (Å²) in [5, 5.41) is 2.98. The molecule has 0 aliphatic carbocycles. The Morgan fingerprint density at radius 1 is 0.942 bits per heavy atom. The van der Waals surface area contributed by atoms with Gasteiger partial charge in [-0.1, -0.05) is 51.7 Å². The van der Waals surface area contributed by atoms with Gasteiger partial charge < -0.3 is 19.4 Å². The Hall–Kier alpha value is -2.84. The molecule has 0 saturated heterocycles. The van der Waals surface area contributed by atoms with Crippen LogP contribution in [0.1, 0.15) is 109 Å². The number of likely N-dealkylation sites (N-methyl/N-ethyl adjacent to an activating group) is 1. The highest BCUT2D eigenvalue weighted by Crippen LogP contribution is 2.63. The maximum absolute atomic E-state index is 14.1. The molecule has 0 aromatic heterocycles. The number of alkyl halides is 3. The number of esters is 1. The molecule has 9 nitrogen and oxygen atoms in total. The van der Waals surface area contributed by atoms with Crippen molar-refractivity contribution in [3.8, 4) is 0 Å². The van der Waals surface area contributed by atoms with Crippen LogP contribution in [0.15, 0.2) is 47.4 Å². The summed E-state index contributed by atoms with van der Waals surface area (Å²) in [6.45, 7) is 14.6. The predicted octanol–water partition coefficient (Wildman–Crippen LogP) is 9.43. The van der Waals surface area contributed by atoms with Gasteiger partial charge in [-0.25, -0.2) is 4.79 Å². The number of rotatable bonds is 18. The quantitative estimate of drug-likeness (QED) is 0.0792. The second-order valence-corrected chi connectivity index (χ2v) is 16.4. The third kappa shape index (κ3) is 9.82. The number of ether oxygens (including phenoxy) is 1. The molecular formula is C39H62F3N4O5S+. The largest absolute Gasteiger partial charge is 0.490 e. The fourth-order valence-corrected chi connectivity index (χ4v) is 9.52. The van der Waals surface area contributed by atoms with E-state index in [1.54, 1.807) is 42.5 Å². The normalized spacial score (nSPS) is 19.3. The number of hydrogen-bond donors (Lipinski definition) is 3. The molecule has 2 atom stereocenters. The minimum absolute atomic E-state index is 0.156. The van der Waals surface area contributed by atoms with Crippen LogP contribution < -0.4 is 10.2 Å². The highest BCUT2D eigenvalue weighted by molar-refractivity contribution is 8.22. The Labute approximate surface area is 311 Å².